The molecule has 0 saturated heterocycles. The Labute approximate surface area is 265 Å². The Hall–Kier alpha value is -5.65. The average molecular weight is 597 g/mol. The minimum atomic E-state index is 0.383. The predicted molar refractivity (Wildman–Crippen MR) is 193 cm³/mol. The normalized spacial score (nSPS) is 12.4. The highest BCUT2D eigenvalue weighted by Gasteiger charge is 2.18. The Kier molecular flexibility index (Phi) is 6.86. The molecule has 0 fully saturated rings. The van der Waals surface area contributed by atoms with Crippen LogP contribution in [-0.2, 0) is 6.67 Å². The van der Waals surface area contributed by atoms with Crippen LogP contribution in [0, 0.1) is 0 Å². The van der Waals surface area contributed by atoms with Crippen molar-refractivity contribution in [2.45, 2.75) is 6.67 Å². The summed E-state index contributed by atoms with van der Waals surface area (Å²) >= 11 is 1.84. The third-order valence-corrected chi connectivity index (χ3v) is 9.40. The lowest BCUT2D eigenvalue weighted by Crippen LogP contribution is -2.07. The van der Waals surface area contributed by atoms with Gasteiger partial charge in [0.15, 0.2) is 11.7 Å². The molecule has 0 amide bonds. The van der Waals surface area contributed by atoms with Crippen molar-refractivity contribution in [3.8, 4) is 11.1 Å². The molecule has 0 aliphatic carbocycles. The van der Waals surface area contributed by atoms with Crippen LogP contribution in [0.3, 0.4) is 0 Å². The molecule has 4 nitrogen and oxygen atoms in total. The van der Waals surface area contributed by atoms with Crippen LogP contribution in [0.25, 0.3) is 53.1 Å². The number of nitrogens with zero attached hydrogens (tertiary/aromatic N) is 4. The Bertz CT molecular complexity index is 2400. The van der Waals surface area contributed by atoms with E-state index in [1.165, 1.54) is 47.6 Å². The third-order valence-electron chi connectivity index (χ3n) is 8.26. The summed E-state index contributed by atoms with van der Waals surface area (Å²) in [7, 11) is 0. The van der Waals surface area contributed by atoms with E-state index in [-0.39, 0.29) is 0 Å². The van der Waals surface area contributed by atoms with Crippen LogP contribution in [-0.4, -0.2) is 23.0 Å². The number of aliphatic imine (C=N–C) groups is 3. The van der Waals surface area contributed by atoms with Crippen LogP contribution in [0.1, 0.15) is 11.1 Å². The van der Waals surface area contributed by atoms with Crippen LogP contribution in [0.2, 0.25) is 0 Å². The number of hydrogen-bond donors (Lipinski definition) is 0. The molecule has 0 N–H and O–H groups in total. The van der Waals surface area contributed by atoms with Gasteiger partial charge in [0, 0.05) is 42.1 Å². The topological polar surface area (TPSA) is 42.0 Å². The fraction of sp³-hybridized carbons (Fsp3) is 0.0250. The summed E-state index contributed by atoms with van der Waals surface area (Å²) < 4.78 is 4.91. The van der Waals surface area contributed by atoms with Gasteiger partial charge in [0.2, 0.25) is 0 Å². The molecule has 0 spiro atoms. The zero-order valence-electron chi connectivity index (χ0n) is 24.5. The minimum Gasteiger partial charge on any atom is -0.319 e. The van der Waals surface area contributed by atoms with Crippen molar-refractivity contribution in [3.63, 3.8) is 0 Å². The van der Waals surface area contributed by atoms with Crippen molar-refractivity contribution in [2.75, 3.05) is 0 Å². The standard InChI is InChI=1S/C40H28N4S/c1-41-39(28-15-7-3-8-16-28)43-40(29-17-9-4-10-18-29)42-26-44-34-25-30(27-13-5-2-6-14-27)21-22-31(34)32-23-24-36-37(38(32)44)33-19-11-12-20-35(33)45-36/h2-25H,1,26H2/b42-40-,43-39-. The molecule has 2 heterocycles. The molecule has 8 aromatic rings. The maximum Gasteiger partial charge on any atom is 0.161 e. The summed E-state index contributed by atoms with van der Waals surface area (Å²) in [5.41, 5.74) is 6.50. The van der Waals surface area contributed by atoms with Gasteiger partial charge in [-0.25, -0.2) is 15.0 Å². The second-order valence-corrected chi connectivity index (χ2v) is 12.0. The summed E-state index contributed by atoms with van der Waals surface area (Å²) in [6, 6.07) is 50.6. The first-order valence-electron chi connectivity index (χ1n) is 14.9. The number of amidine groups is 2. The SMILES string of the molecule is C=N/C(=N\C(=N/Cn1c2cc(-c3ccccc3)ccc2c2ccc3sc4ccccc4c3c21)c1ccccc1)c1ccccc1. The van der Waals surface area contributed by atoms with Gasteiger partial charge < -0.3 is 4.57 Å². The van der Waals surface area contributed by atoms with Gasteiger partial charge in [0.25, 0.3) is 0 Å². The number of fused-ring (bicyclic) bond motifs is 7. The molecule has 45 heavy (non-hydrogen) atoms. The Balaban J connectivity index is 1.40. The molecular weight excluding hydrogens is 569 g/mol. The predicted octanol–water partition coefficient (Wildman–Crippen LogP) is 10.4. The zero-order valence-corrected chi connectivity index (χ0v) is 25.3. The molecule has 5 heteroatoms. The first-order chi connectivity index (χ1) is 22.3. The summed E-state index contributed by atoms with van der Waals surface area (Å²) in [5.74, 6) is 1.15. The fourth-order valence-electron chi connectivity index (χ4n) is 6.15. The summed E-state index contributed by atoms with van der Waals surface area (Å²) in [6.45, 7) is 4.22. The van der Waals surface area contributed by atoms with Crippen LogP contribution in [0.15, 0.2) is 161 Å². The molecule has 0 radical (unpaired) electrons. The molecule has 0 aliphatic heterocycles. The van der Waals surface area contributed by atoms with Gasteiger partial charge in [-0.3, -0.25) is 0 Å². The molecule has 2 aromatic heterocycles. The number of aromatic nitrogens is 1. The van der Waals surface area contributed by atoms with E-state index < -0.39 is 0 Å². The van der Waals surface area contributed by atoms with Gasteiger partial charge in [-0.2, -0.15) is 0 Å². The van der Waals surface area contributed by atoms with Crippen LogP contribution < -0.4 is 0 Å². The first-order valence-corrected chi connectivity index (χ1v) is 15.7. The minimum absolute atomic E-state index is 0.383. The average Bonchev–Trinajstić information content (AvgIpc) is 3.64. The van der Waals surface area contributed by atoms with Gasteiger partial charge in [-0.15, -0.1) is 11.3 Å². The van der Waals surface area contributed by atoms with Crippen molar-refractivity contribution in [1.29, 1.82) is 0 Å². The number of thiophene rings is 1. The van der Waals surface area contributed by atoms with Gasteiger partial charge in [0.05, 0.1) is 11.0 Å². The number of rotatable bonds is 5. The van der Waals surface area contributed by atoms with E-state index in [1.807, 2.05) is 72.0 Å². The molecule has 0 bridgehead atoms. The highest BCUT2D eigenvalue weighted by molar-refractivity contribution is 7.26. The summed E-state index contributed by atoms with van der Waals surface area (Å²) in [6.07, 6.45) is 0. The Morgan fingerprint density at radius 1 is 0.578 bits per heavy atom. The van der Waals surface area contributed by atoms with E-state index in [4.69, 9.17) is 9.98 Å². The molecule has 0 aliphatic rings. The highest BCUT2D eigenvalue weighted by atomic mass is 32.1. The quantitative estimate of drug-likeness (QED) is 0.140. The van der Waals surface area contributed by atoms with Crippen LogP contribution in [0.4, 0.5) is 0 Å². The van der Waals surface area contributed by atoms with Gasteiger partial charge in [0.1, 0.15) is 6.67 Å². The Morgan fingerprint density at radius 3 is 1.96 bits per heavy atom. The number of hydrogen-bond acceptors (Lipinski definition) is 2. The van der Waals surface area contributed by atoms with E-state index in [9.17, 15) is 0 Å². The van der Waals surface area contributed by atoms with Crippen molar-refractivity contribution >= 4 is 71.7 Å². The maximum atomic E-state index is 5.23. The fourth-order valence-corrected chi connectivity index (χ4v) is 7.26. The summed E-state index contributed by atoms with van der Waals surface area (Å²) in [5, 5.41) is 4.96. The second kappa shape index (κ2) is 11.5. The number of benzene rings is 6. The second-order valence-electron chi connectivity index (χ2n) is 10.9. The van der Waals surface area contributed by atoms with Gasteiger partial charge >= 0.3 is 0 Å². The van der Waals surface area contributed by atoms with Crippen LogP contribution in [0.5, 0.6) is 0 Å². The van der Waals surface area contributed by atoms with E-state index >= 15 is 0 Å². The highest BCUT2D eigenvalue weighted by Crippen LogP contribution is 2.42. The van der Waals surface area contributed by atoms with Gasteiger partial charge in [-0.05, 0) is 36.0 Å². The lowest BCUT2D eigenvalue weighted by atomic mass is 10.0. The first kappa shape index (κ1) is 26.9. The van der Waals surface area contributed by atoms with Crippen LogP contribution >= 0.6 is 11.3 Å². The molecule has 0 saturated carbocycles. The lowest BCUT2D eigenvalue weighted by Gasteiger charge is -2.10. The van der Waals surface area contributed by atoms with E-state index in [2.05, 4.69) is 101 Å². The van der Waals surface area contributed by atoms with Crippen molar-refractivity contribution in [1.82, 2.24) is 4.57 Å². The smallest absolute Gasteiger partial charge is 0.161 e. The molecule has 214 valence electrons. The molecule has 0 atom stereocenters. The Morgan fingerprint density at radius 2 is 1.22 bits per heavy atom. The lowest BCUT2D eigenvalue weighted by molar-refractivity contribution is 0.793. The monoisotopic (exact) mass is 596 g/mol. The van der Waals surface area contributed by atoms with E-state index in [0.717, 1.165) is 16.6 Å². The summed E-state index contributed by atoms with van der Waals surface area (Å²) in [4.78, 5) is 14.5. The van der Waals surface area contributed by atoms with E-state index in [1.54, 1.807) is 0 Å². The maximum absolute atomic E-state index is 5.23. The van der Waals surface area contributed by atoms with Crippen molar-refractivity contribution in [3.05, 3.63) is 157 Å². The molecule has 6 aromatic carbocycles. The largest absolute Gasteiger partial charge is 0.319 e. The van der Waals surface area contributed by atoms with Crippen molar-refractivity contribution in [2.24, 2.45) is 15.0 Å². The molecule has 8 rings (SSSR count). The zero-order chi connectivity index (χ0) is 30.2. The van der Waals surface area contributed by atoms with Crippen molar-refractivity contribution < 1.29 is 0 Å². The van der Waals surface area contributed by atoms with E-state index in [0.29, 0.717) is 18.3 Å². The third kappa shape index (κ3) is 4.84. The van der Waals surface area contributed by atoms with Gasteiger partial charge in [-0.1, -0.05) is 127 Å². The molecular formula is C40H28N4S. The molecule has 0 unspecified atom stereocenters.